The van der Waals surface area contributed by atoms with E-state index >= 15 is 0 Å². The van der Waals surface area contributed by atoms with E-state index in [9.17, 15) is 4.79 Å². The Morgan fingerprint density at radius 2 is 2.20 bits per heavy atom. The van der Waals surface area contributed by atoms with Crippen molar-refractivity contribution in [1.29, 1.82) is 0 Å². The molecule has 2 aromatic heterocycles. The molecule has 0 radical (unpaired) electrons. The number of thiazole rings is 1. The largest absolute Gasteiger partial charge is 0.362 e. The summed E-state index contributed by atoms with van der Waals surface area (Å²) in [6.45, 7) is 8.62. The van der Waals surface area contributed by atoms with Crippen molar-refractivity contribution < 1.29 is 4.79 Å². The number of carbonyl (C=O) groups is 1. The molecule has 2 rings (SSSR count). The minimum atomic E-state index is 0.0963. The number of aromatic amines is 1. The van der Waals surface area contributed by atoms with E-state index in [-0.39, 0.29) is 5.78 Å². The molecule has 0 unspecified atom stereocenters. The van der Waals surface area contributed by atoms with Crippen LogP contribution >= 0.6 is 11.3 Å². The van der Waals surface area contributed by atoms with Gasteiger partial charge < -0.3 is 10.3 Å². The number of unbranched alkanes of at least 4 members (excludes halogenated alkanes) is 1. The summed E-state index contributed by atoms with van der Waals surface area (Å²) in [5, 5.41) is 6.28. The first-order valence-electron chi connectivity index (χ1n) is 6.94. The molecule has 0 aromatic carbocycles. The maximum Gasteiger partial charge on any atom is 0.183 e. The van der Waals surface area contributed by atoms with E-state index < -0.39 is 0 Å². The van der Waals surface area contributed by atoms with E-state index in [1.807, 2.05) is 19.2 Å². The van der Waals surface area contributed by atoms with Crippen LogP contribution < -0.4 is 5.32 Å². The number of aryl methyl sites for hydroxylation is 1. The van der Waals surface area contributed by atoms with Gasteiger partial charge in [-0.25, -0.2) is 4.98 Å². The Labute approximate surface area is 123 Å². The van der Waals surface area contributed by atoms with Crippen LogP contribution in [0.15, 0.2) is 5.38 Å². The van der Waals surface area contributed by atoms with E-state index in [2.05, 4.69) is 22.2 Å². The van der Waals surface area contributed by atoms with Gasteiger partial charge in [-0.1, -0.05) is 13.3 Å². The molecule has 5 heteroatoms. The molecule has 2 N–H and O–H groups in total. The molecule has 0 spiro atoms. The van der Waals surface area contributed by atoms with Gasteiger partial charge in [0.05, 0.1) is 5.69 Å². The summed E-state index contributed by atoms with van der Waals surface area (Å²) in [5.41, 5.74) is 4.54. The molecule has 0 saturated heterocycles. The first kappa shape index (κ1) is 14.8. The Morgan fingerprint density at radius 3 is 2.80 bits per heavy atom. The third kappa shape index (κ3) is 2.93. The number of hydrogen-bond acceptors (Lipinski definition) is 4. The fourth-order valence-corrected chi connectivity index (χ4v) is 3.11. The van der Waals surface area contributed by atoms with Crippen molar-refractivity contribution in [3.8, 4) is 11.4 Å². The number of hydrogen-bond donors (Lipinski definition) is 2. The number of carbonyl (C=O) groups excluding carboxylic acids is 1. The van der Waals surface area contributed by atoms with Gasteiger partial charge in [0, 0.05) is 23.2 Å². The third-order valence-electron chi connectivity index (χ3n) is 3.36. The van der Waals surface area contributed by atoms with Crippen LogP contribution in [0.3, 0.4) is 0 Å². The lowest BCUT2D eigenvalue weighted by molar-refractivity contribution is 0.101. The van der Waals surface area contributed by atoms with Crippen molar-refractivity contribution in [2.24, 2.45) is 0 Å². The summed E-state index contributed by atoms with van der Waals surface area (Å²) in [7, 11) is 0. The highest BCUT2D eigenvalue weighted by Gasteiger charge is 2.17. The van der Waals surface area contributed by atoms with Gasteiger partial charge >= 0.3 is 0 Å². The SMILES string of the molecule is CCCCNc1nc(-c2[nH]c(C)c(C(C)=O)c2C)cs1. The Balaban J connectivity index is 2.24. The normalized spacial score (nSPS) is 10.8. The van der Waals surface area contributed by atoms with Crippen molar-refractivity contribution in [3.05, 3.63) is 22.2 Å². The lowest BCUT2D eigenvalue weighted by Gasteiger charge is -1.99. The first-order chi connectivity index (χ1) is 9.54. The molecule has 0 amide bonds. The van der Waals surface area contributed by atoms with Crippen LogP contribution in [0.5, 0.6) is 0 Å². The van der Waals surface area contributed by atoms with Gasteiger partial charge in [-0.05, 0) is 32.8 Å². The lowest BCUT2D eigenvalue weighted by atomic mass is 10.1. The summed E-state index contributed by atoms with van der Waals surface area (Å²) < 4.78 is 0. The molecule has 0 bridgehead atoms. The van der Waals surface area contributed by atoms with Gasteiger partial charge in [0.1, 0.15) is 5.69 Å². The number of H-pyrrole nitrogens is 1. The molecular formula is C15H21N3OS. The van der Waals surface area contributed by atoms with Gasteiger partial charge in [0.25, 0.3) is 0 Å². The van der Waals surface area contributed by atoms with E-state index in [1.54, 1.807) is 18.3 Å². The summed E-state index contributed by atoms with van der Waals surface area (Å²) in [5.74, 6) is 0.0963. The maximum absolute atomic E-state index is 11.7. The molecule has 0 aliphatic heterocycles. The van der Waals surface area contributed by atoms with Crippen LogP contribution in [0, 0.1) is 13.8 Å². The molecule has 0 aliphatic rings. The molecular weight excluding hydrogens is 270 g/mol. The van der Waals surface area contributed by atoms with Crippen molar-refractivity contribution in [1.82, 2.24) is 9.97 Å². The molecule has 2 aromatic rings. The maximum atomic E-state index is 11.7. The zero-order valence-corrected chi connectivity index (χ0v) is 13.3. The highest BCUT2D eigenvalue weighted by molar-refractivity contribution is 7.14. The monoisotopic (exact) mass is 291 g/mol. The zero-order valence-electron chi connectivity index (χ0n) is 12.5. The average molecular weight is 291 g/mol. The Bertz CT molecular complexity index is 613. The fraction of sp³-hybridized carbons (Fsp3) is 0.467. The predicted molar refractivity (Wildman–Crippen MR) is 84.8 cm³/mol. The number of nitrogens with one attached hydrogen (secondary N) is 2. The molecule has 0 fully saturated rings. The van der Waals surface area contributed by atoms with Crippen LogP contribution in [0.2, 0.25) is 0 Å². The van der Waals surface area contributed by atoms with Crippen LogP contribution in [-0.4, -0.2) is 22.3 Å². The standard InChI is InChI=1S/C15H21N3OS/c1-5-6-7-16-15-18-12(8-20-15)14-9(2)13(11(4)19)10(3)17-14/h8,17H,5-7H2,1-4H3,(H,16,18). The molecule has 20 heavy (non-hydrogen) atoms. The highest BCUT2D eigenvalue weighted by Crippen LogP contribution is 2.30. The molecule has 0 aliphatic carbocycles. The fourth-order valence-electron chi connectivity index (χ4n) is 2.38. The number of ketones is 1. The summed E-state index contributed by atoms with van der Waals surface area (Å²) in [6.07, 6.45) is 2.31. The third-order valence-corrected chi connectivity index (χ3v) is 4.16. The van der Waals surface area contributed by atoms with Crippen LogP contribution in [-0.2, 0) is 0 Å². The molecule has 0 atom stereocenters. The Hall–Kier alpha value is -1.62. The zero-order chi connectivity index (χ0) is 14.7. The van der Waals surface area contributed by atoms with Crippen molar-refractivity contribution >= 4 is 22.3 Å². The van der Waals surface area contributed by atoms with Crippen LogP contribution in [0.1, 0.15) is 48.3 Å². The number of aromatic nitrogens is 2. The number of Topliss-reactive ketones (excluding diaryl/α,β-unsaturated/α-hetero) is 1. The Morgan fingerprint density at radius 1 is 1.45 bits per heavy atom. The molecule has 2 heterocycles. The van der Waals surface area contributed by atoms with Crippen molar-refractivity contribution in [2.45, 2.75) is 40.5 Å². The van der Waals surface area contributed by atoms with Crippen LogP contribution in [0.25, 0.3) is 11.4 Å². The second-order valence-corrected chi connectivity index (χ2v) is 5.86. The number of anilines is 1. The van der Waals surface area contributed by atoms with Crippen LogP contribution in [0.4, 0.5) is 5.13 Å². The Kier molecular flexibility index (Phi) is 4.60. The lowest BCUT2D eigenvalue weighted by Crippen LogP contribution is -2.00. The minimum absolute atomic E-state index is 0.0963. The van der Waals surface area contributed by atoms with Crippen molar-refractivity contribution in [2.75, 3.05) is 11.9 Å². The number of nitrogens with zero attached hydrogens (tertiary/aromatic N) is 1. The molecule has 108 valence electrons. The van der Waals surface area contributed by atoms with Gasteiger partial charge in [-0.15, -0.1) is 11.3 Å². The molecule has 4 nitrogen and oxygen atoms in total. The number of rotatable bonds is 6. The highest BCUT2D eigenvalue weighted by atomic mass is 32.1. The van der Waals surface area contributed by atoms with Gasteiger partial charge in [-0.2, -0.15) is 0 Å². The van der Waals surface area contributed by atoms with Crippen molar-refractivity contribution in [3.63, 3.8) is 0 Å². The average Bonchev–Trinajstić information content (AvgIpc) is 2.94. The smallest absolute Gasteiger partial charge is 0.183 e. The van der Waals surface area contributed by atoms with E-state index in [4.69, 9.17) is 0 Å². The summed E-state index contributed by atoms with van der Waals surface area (Å²) >= 11 is 1.60. The quantitative estimate of drug-likeness (QED) is 0.620. The summed E-state index contributed by atoms with van der Waals surface area (Å²) in [4.78, 5) is 19.5. The van der Waals surface area contributed by atoms with E-state index in [0.717, 1.165) is 46.3 Å². The summed E-state index contributed by atoms with van der Waals surface area (Å²) in [6, 6.07) is 0. The predicted octanol–water partition coefficient (Wildman–Crippen LogP) is 4.17. The van der Waals surface area contributed by atoms with Gasteiger partial charge in [0.2, 0.25) is 0 Å². The molecule has 0 saturated carbocycles. The van der Waals surface area contributed by atoms with Gasteiger partial charge in [0.15, 0.2) is 10.9 Å². The van der Waals surface area contributed by atoms with E-state index in [1.165, 1.54) is 6.42 Å². The van der Waals surface area contributed by atoms with Gasteiger partial charge in [-0.3, -0.25) is 4.79 Å². The second kappa shape index (κ2) is 6.22. The topological polar surface area (TPSA) is 57.8 Å². The first-order valence-corrected chi connectivity index (χ1v) is 7.82. The second-order valence-electron chi connectivity index (χ2n) is 5.00. The minimum Gasteiger partial charge on any atom is -0.362 e. The van der Waals surface area contributed by atoms with E-state index in [0.29, 0.717) is 0 Å².